The summed E-state index contributed by atoms with van der Waals surface area (Å²) in [4.78, 5) is 21.2. The van der Waals surface area contributed by atoms with Crippen LogP contribution < -0.4 is 14.4 Å². The molecule has 13 heteroatoms. The maximum atomic E-state index is 13.4. The Bertz CT molecular complexity index is 1340. The number of aromatic nitrogens is 5. The van der Waals surface area contributed by atoms with Crippen molar-refractivity contribution in [1.29, 1.82) is 0 Å². The quantitative estimate of drug-likeness (QED) is 0.280. The predicted molar refractivity (Wildman–Crippen MR) is 148 cm³/mol. The van der Waals surface area contributed by atoms with Crippen molar-refractivity contribution < 1.29 is 22.7 Å². The van der Waals surface area contributed by atoms with Gasteiger partial charge in [0.15, 0.2) is 5.82 Å². The fraction of sp³-hybridized carbons (Fsp3) is 0.556. The largest absolute Gasteiger partial charge is 0.476 e. The van der Waals surface area contributed by atoms with Gasteiger partial charge in [0, 0.05) is 30.0 Å². The fourth-order valence-corrected chi connectivity index (χ4v) is 5.37. The van der Waals surface area contributed by atoms with Crippen molar-refractivity contribution in [1.82, 2.24) is 29.7 Å². The van der Waals surface area contributed by atoms with E-state index in [1.54, 1.807) is 24.5 Å². The highest BCUT2D eigenvalue weighted by Gasteiger charge is 2.48. The number of anilines is 1. The molecule has 218 valence electrons. The predicted octanol–water partition coefficient (Wildman–Crippen LogP) is 6.11. The number of carbonyl (C=O) groups is 1. The Morgan fingerprint density at radius 1 is 1.27 bits per heavy atom. The number of nitrogens with zero attached hydrogens (tertiary/aromatic N) is 5. The molecule has 4 rings (SSSR count). The van der Waals surface area contributed by atoms with E-state index in [2.05, 4.69) is 45.7 Å². The lowest BCUT2D eigenvalue weighted by atomic mass is 9.93. The number of amides is 1. The van der Waals surface area contributed by atoms with E-state index in [-0.39, 0.29) is 17.3 Å². The number of aromatic amines is 1. The zero-order valence-corrected chi connectivity index (χ0v) is 24.4. The van der Waals surface area contributed by atoms with Gasteiger partial charge < -0.3 is 9.64 Å². The van der Waals surface area contributed by atoms with Crippen molar-refractivity contribution in [3.63, 3.8) is 0 Å². The molecule has 0 aliphatic carbocycles. The van der Waals surface area contributed by atoms with Crippen molar-refractivity contribution in [2.75, 3.05) is 18.1 Å². The molecule has 0 radical (unpaired) electrons. The summed E-state index contributed by atoms with van der Waals surface area (Å²) in [6, 6.07) is 4.86. The summed E-state index contributed by atoms with van der Waals surface area (Å²) in [5, 5.41) is 11.1. The minimum absolute atomic E-state index is 0.0545. The molecule has 1 saturated heterocycles. The second kappa shape index (κ2) is 11.3. The molecule has 9 nitrogen and oxygen atoms in total. The molecule has 3 aromatic rings. The number of nitrogens with one attached hydrogen (secondary N) is 2. The van der Waals surface area contributed by atoms with Crippen LogP contribution >= 0.6 is 11.9 Å². The zero-order chi connectivity index (χ0) is 29.3. The minimum Gasteiger partial charge on any atom is -0.476 e. The fourth-order valence-electron chi connectivity index (χ4n) is 4.76. The molecule has 1 fully saturated rings. The normalized spacial score (nSPS) is 17.3. The van der Waals surface area contributed by atoms with Gasteiger partial charge in [0.25, 0.3) is 5.91 Å². The molecule has 2 N–H and O–H groups in total. The van der Waals surface area contributed by atoms with E-state index in [0.717, 1.165) is 50.2 Å². The van der Waals surface area contributed by atoms with E-state index in [9.17, 15) is 18.0 Å². The van der Waals surface area contributed by atoms with Crippen molar-refractivity contribution >= 4 is 23.7 Å². The Labute approximate surface area is 236 Å². The number of alkyl halides is 3. The maximum absolute atomic E-state index is 13.4. The van der Waals surface area contributed by atoms with Crippen molar-refractivity contribution in [2.24, 2.45) is 11.3 Å². The molecule has 0 aromatic carbocycles. The summed E-state index contributed by atoms with van der Waals surface area (Å²) in [5.74, 6) is 1.17. The third-order valence-electron chi connectivity index (χ3n) is 7.20. The lowest BCUT2D eigenvalue weighted by Gasteiger charge is -2.34. The molecule has 1 aliphatic heterocycles. The lowest BCUT2D eigenvalue weighted by molar-refractivity contribution is -0.219. The van der Waals surface area contributed by atoms with Gasteiger partial charge in [-0.2, -0.15) is 18.3 Å². The zero-order valence-electron chi connectivity index (χ0n) is 23.6. The molecule has 1 aliphatic rings. The summed E-state index contributed by atoms with van der Waals surface area (Å²) < 4.78 is 49.4. The molecule has 1 atom stereocenters. The number of rotatable bonds is 10. The molecule has 40 heavy (non-hydrogen) atoms. The van der Waals surface area contributed by atoms with Gasteiger partial charge >= 0.3 is 6.18 Å². The maximum Gasteiger partial charge on any atom is 0.397 e. The monoisotopic (exact) mass is 579 g/mol. The van der Waals surface area contributed by atoms with Crippen LogP contribution in [-0.4, -0.2) is 55.7 Å². The number of pyridine rings is 1. The molecule has 0 bridgehead atoms. The Morgan fingerprint density at radius 3 is 2.67 bits per heavy atom. The highest BCUT2D eigenvalue weighted by molar-refractivity contribution is 7.98. The van der Waals surface area contributed by atoms with Gasteiger partial charge in [-0.1, -0.05) is 13.3 Å². The van der Waals surface area contributed by atoms with Crippen LogP contribution in [0.2, 0.25) is 0 Å². The van der Waals surface area contributed by atoms with E-state index < -0.39 is 18.2 Å². The number of hydrogen-bond donors (Lipinski definition) is 2. The first kappa shape index (κ1) is 29.8. The van der Waals surface area contributed by atoms with Crippen LogP contribution in [0.3, 0.4) is 0 Å². The first-order valence-electron chi connectivity index (χ1n) is 13.2. The second-order valence-electron chi connectivity index (χ2n) is 11.5. The van der Waals surface area contributed by atoms with E-state index in [1.165, 1.54) is 22.7 Å². The van der Waals surface area contributed by atoms with Crippen LogP contribution in [0.5, 0.6) is 5.88 Å². The Balaban J connectivity index is 1.63. The van der Waals surface area contributed by atoms with Crippen LogP contribution in [0.25, 0.3) is 5.82 Å². The van der Waals surface area contributed by atoms with Gasteiger partial charge in [0.2, 0.25) is 5.88 Å². The smallest absolute Gasteiger partial charge is 0.397 e. The summed E-state index contributed by atoms with van der Waals surface area (Å²) in [6.07, 6.45) is 1.92. The number of H-pyrrole nitrogens is 1. The minimum atomic E-state index is -4.41. The number of halogens is 3. The van der Waals surface area contributed by atoms with Gasteiger partial charge in [-0.15, -0.1) is 5.10 Å². The first-order valence-corrected chi connectivity index (χ1v) is 14.0. The molecule has 1 amide bonds. The van der Waals surface area contributed by atoms with Gasteiger partial charge in [0.05, 0.1) is 22.1 Å². The molecule has 4 heterocycles. The average Bonchev–Trinajstić information content (AvgIpc) is 3.59. The van der Waals surface area contributed by atoms with E-state index >= 15 is 0 Å². The summed E-state index contributed by atoms with van der Waals surface area (Å²) in [6.45, 7) is 10.7. The molecule has 1 unspecified atom stereocenters. The number of ether oxygens (including phenoxy) is 1. The van der Waals surface area contributed by atoms with Crippen LogP contribution in [0, 0.1) is 18.3 Å². The van der Waals surface area contributed by atoms with Crippen molar-refractivity contribution in [3.8, 4) is 11.7 Å². The lowest BCUT2D eigenvalue weighted by Crippen LogP contribution is -2.40. The van der Waals surface area contributed by atoms with E-state index in [1.807, 2.05) is 6.92 Å². The molecule has 0 spiro atoms. The average molecular weight is 580 g/mol. The van der Waals surface area contributed by atoms with Crippen LogP contribution in [-0.2, 0) is 0 Å². The highest BCUT2D eigenvalue weighted by Crippen LogP contribution is 2.40. The molecular weight excluding hydrogens is 543 g/mol. The Kier molecular flexibility index (Phi) is 8.44. The first-order chi connectivity index (χ1) is 18.7. The molecular formula is C27H36F3N7O2S. The van der Waals surface area contributed by atoms with E-state index in [0.29, 0.717) is 23.1 Å². The van der Waals surface area contributed by atoms with Crippen molar-refractivity contribution in [2.45, 2.75) is 77.4 Å². The van der Waals surface area contributed by atoms with E-state index in [4.69, 9.17) is 9.72 Å². The van der Waals surface area contributed by atoms with Gasteiger partial charge in [-0.05, 0) is 77.5 Å². The van der Waals surface area contributed by atoms with Crippen LogP contribution in [0.4, 0.5) is 19.0 Å². The topological polar surface area (TPSA) is 101 Å². The number of hydrogen-bond acceptors (Lipinski definition) is 7. The van der Waals surface area contributed by atoms with Crippen LogP contribution in [0.15, 0.2) is 35.5 Å². The van der Waals surface area contributed by atoms with Crippen molar-refractivity contribution in [3.05, 3.63) is 41.9 Å². The SMILES string of the molecule is CCCC1CN(c2nc(-n3ccc(OCC(C)(C)C(F)(F)F)n3)ccc2C(=O)NSc2cn[nH]c2C)C(C)(C)C1. The standard InChI is InChI=1S/C27H36F3N7O2S/c1-7-8-18-13-26(5,6)36(15-18)23-19(24(38)35-40-20-14-31-33-17(20)2)9-10-21(32-23)37-12-11-22(34-37)39-16-25(3,4)27(28,29)30/h9-12,14,18H,7-8,13,15-16H2,1-6H3,(H,31,33)(H,35,38). The Hall–Kier alpha value is -3.22. The summed E-state index contributed by atoms with van der Waals surface area (Å²) in [7, 11) is 0. The summed E-state index contributed by atoms with van der Waals surface area (Å²) >= 11 is 1.18. The third-order valence-corrected chi connectivity index (χ3v) is 8.12. The van der Waals surface area contributed by atoms with Gasteiger partial charge in [0.1, 0.15) is 12.4 Å². The van der Waals surface area contributed by atoms with Gasteiger partial charge in [-0.25, -0.2) is 9.67 Å². The van der Waals surface area contributed by atoms with Crippen LogP contribution in [0.1, 0.15) is 69.9 Å². The highest BCUT2D eigenvalue weighted by atomic mass is 32.2. The molecule has 0 saturated carbocycles. The van der Waals surface area contributed by atoms with Gasteiger partial charge in [-0.3, -0.25) is 14.6 Å². The number of aryl methyl sites for hydroxylation is 1. The Morgan fingerprint density at radius 2 is 2.02 bits per heavy atom. The number of carbonyl (C=O) groups excluding carboxylic acids is 1. The second-order valence-corrected chi connectivity index (χ2v) is 12.3. The third kappa shape index (κ3) is 6.39. The molecule has 3 aromatic heterocycles. The summed E-state index contributed by atoms with van der Waals surface area (Å²) in [5.41, 5.74) is -1.01.